The summed E-state index contributed by atoms with van der Waals surface area (Å²) in [6.07, 6.45) is 20.9. The number of esters is 1. The molecule has 5 aliphatic rings. The quantitative estimate of drug-likeness (QED) is 0.166. The molecule has 0 unspecified atom stereocenters. The lowest BCUT2D eigenvalue weighted by molar-refractivity contribution is -0.148. The lowest BCUT2D eigenvalue weighted by Crippen LogP contribution is -2.54. The highest BCUT2D eigenvalue weighted by molar-refractivity contribution is 7.80. The molecule has 6 heteroatoms. The molecule has 236 valence electrons. The van der Waals surface area contributed by atoms with E-state index in [1.54, 1.807) is 6.92 Å². The highest BCUT2D eigenvalue weighted by Gasteiger charge is 2.61. The van der Waals surface area contributed by atoms with Crippen LogP contribution in [0.4, 0.5) is 0 Å². The first-order valence-electron chi connectivity index (χ1n) is 17.5. The number of allylic oxidation sites excluding steroid dienone is 1. The van der Waals surface area contributed by atoms with Crippen LogP contribution in [0.1, 0.15) is 138 Å². The summed E-state index contributed by atoms with van der Waals surface area (Å²) in [6, 6.07) is 0.466. The maximum atomic E-state index is 11.8. The van der Waals surface area contributed by atoms with Crippen molar-refractivity contribution in [1.29, 1.82) is 0 Å². The molecule has 2 N–H and O–H groups in total. The van der Waals surface area contributed by atoms with Crippen LogP contribution in [0.25, 0.3) is 0 Å². The number of carbonyl (C=O) groups excluding carboxylic acids is 1. The van der Waals surface area contributed by atoms with Gasteiger partial charge >= 0.3 is 5.97 Å². The number of hydrogen-bond acceptors (Lipinski definition) is 4. The first kappa shape index (κ1) is 32.0. The van der Waals surface area contributed by atoms with Crippen LogP contribution in [0.3, 0.4) is 0 Å². The summed E-state index contributed by atoms with van der Waals surface area (Å²) in [4.78, 5) is 11.8. The van der Waals surface area contributed by atoms with Crippen molar-refractivity contribution in [2.75, 3.05) is 0 Å². The Morgan fingerprint density at radius 2 is 1.79 bits per heavy atom. The molecule has 0 aromatic carbocycles. The van der Waals surface area contributed by atoms with Gasteiger partial charge in [-0.05, 0) is 110 Å². The molecule has 4 fully saturated rings. The molecule has 0 aromatic heterocycles. The normalized spacial score (nSPS) is 38.2. The van der Waals surface area contributed by atoms with E-state index in [9.17, 15) is 4.79 Å². The zero-order valence-electron chi connectivity index (χ0n) is 27.5. The molecule has 0 heterocycles. The smallest absolute Gasteiger partial charge is 0.302 e. The third-order valence-corrected chi connectivity index (χ3v) is 12.9. The molecular weight excluding hydrogens is 538 g/mol. The van der Waals surface area contributed by atoms with E-state index in [2.05, 4.69) is 51.4 Å². The second kappa shape index (κ2) is 13.3. The fourth-order valence-electron chi connectivity index (χ4n) is 10.4. The van der Waals surface area contributed by atoms with Crippen LogP contribution in [-0.4, -0.2) is 28.9 Å². The highest BCUT2D eigenvalue weighted by Crippen LogP contribution is 2.67. The number of thiocarbonyl (C=S) groups is 1. The van der Waals surface area contributed by atoms with Crippen LogP contribution in [0.5, 0.6) is 0 Å². The number of nitrogens with one attached hydrogen (secondary N) is 2. The van der Waals surface area contributed by atoms with E-state index in [-0.39, 0.29) is 17.5 Å². The van der Waals surface area contributed by atoms with Crippen molar-refractivity contribution >= 4 is 29.0 Å². The highest BCUT2D eigenvalue weighted by atomic mass is 32.1. The summed E-state index contributed by atoms with van der Waals surface area (Å²) >= 11 is 5.77. The molecule has 0 bridgehead atoms. The van der Waals surface area contributed by atoms with Gasteiger partial charge in [0.2, 0.25) is 0 Å². The third kappa shape index (κ3) is 6.64. The Morgan fingerprint density at radius 3 is 2.50 bits per heavy atom. The molecule has 0 amide bonds. The molecule has 4 saturated carbocycles. The van der Waals surface area contributed by atoms with Gasteiger partial charge in [0.1, 0.15) is 6.10 Å². The van der Waals surface area contributed by atoms with Crippen LogP contribution >= 0.6 is 12.2 Å². The van der Waals surface area contributed by atoms with E-state index in [0.29, 0.717) is 34.3 Å². The van der Waals surface area contributed by atoms with Crippen LogP contribution in [-0.2, 0) is 9.53 Å². The standard InChI is InChI=1S/C36H59N3O2S/c1-23(2)11-10-12-24(3)29-15-16-30-33-31(18-20-36(29,30)6)35(5)19-17-28(41-25(4)40)21-26(35)22-32(33)38-39-34(42)37-27-13-8-7-9-14-27/h22-24,27-31,33H,7-21H2,1-6H3,(H2,37,39,42)/b38-32-/t24-,28+,29-,30+,31+,33+,35+,36-/m1/s1. The number of fused-ring (bicyclic) bond motifs is 5. The number of ether oxygens (including phenoxy) is 1. The van der Waals surface area contributed by atoms with E-state index in [4.69, 9.17) is 22.1 Å². The lowest BCUT2D eigenvalue weighted by Gasteiger charge is -2.58. The Hall–Kier alpha value is -1.43. The van der Waals surface area contributed by atoms with Gasteiger partial charge in [0.15, 0.2) is 5.11 Å². The van der Waals surface area contributed by atoms with Crippen molar-refractivity contribution in [3.05, 3.63) is 11.6 Å². The average molecular weight is 598 g/mol. The molecule has 5 rings (SSSR count). The first-order chi connectivity index (χ1) is 20.0. The predicted octanol–water partition coefficient (Wildman–Crippen LogP) is 8.72. The maximum absolute atomic E-state index is 11.8. The Balaban J connectivity index is 1.40. The number of hydrogen-bond donors (Lipinski definition) is 2. The topological polar surface area (TPSA) is 62.7 Å². The summed E-state index contributed by atoms with van der Waals surface area (Å²) in [5, 5.41) is 9.38. The van der Waals surface area contributed by atoms with Crippen molar-refractivity contribution in [3.8, 4) is 0 Å². The van der Waals surface area contributed by atoms with Gasteiger partial charge in [-0.1, -0.05) is 78.7 Å². The van der Waals surface area contributed by atoms with Gasteiger partial charge in [0.25, 0.3) is 0 Å². The summed E-state index contributed by atoms with van der Waals surface area (Å²) in [5.41, 5.74) is 6.50. The van der Waals surface area contributed by atoms with Crippen LogP contribution in [0, 0.1) is 46.3 Å². The van der Waals surface area contributed by atoms with E-state index in [1.165, 1.54) is 88.3 Å². The SMILES string of the molecule is CC(=O)O[C@H]1CC[C@@]2(C)C(=C/C(=N/NC(=S)NC3CCCCC3)[C@H]3[C@@H]4CC[C@H]([C@H](C)CCCC(C)C)[C@@]4(C)CC[C@@H]32)C1. The van der Waals surface area contributed by atoms with E-state index < -0.39 is 0 Å². The Kier molecular flexibility index (Phi) is 10.1. The number of hydrazone groups is 1. The third-order valence-electron chi connectivity index (χ3n) is 12.7. The summed E-state index contributed by atoms with van der Waals surface area (Å²) in [6.45, 7) is 14.0. The summed E-state index contributed by atoms with van der Waals surface area (Å²) < 4.78 is 5.75. The Morgan fingerprint density at radius 1 is 1.02 bits per heavy atom. The van der Waals surface area contributed by atoms with Gasteiger partial charge in [0, 0.05) is 25.3 Å². The average Bonchev–Trinajstić information content (AvgIpc) is 3.29. The first-order valence-corrected chi connectivity index (χ1v) is 17.9. The monoisotopic (exact) mass is 597 g/mol. The number of rotatable bonds is 8. The summed E-state index contributed by atoms with van der Waals surface area (Å²) in [7, 11) is 0. The molecule has 8 atom stereocenters. The fraction of sp³-hybridized carbons (Fsp3) is 0.861. The minimum absolute atomic E-state index is 0.0157. The van der Waals surface area contributed by atoms with Gasteiger partial charge in [0.05, 0.1) is 5.71 Å². The fourth-order valence-corrected chi connectivity index (χ4v) is 10.6. The lowest BCUT2D eigenvalue weighted by atomic mass is 9.46. The molecule has 0 spiro atoms. The second-order valence-corrected chi connectivity index (χ2v) is 16.2. The molecular formula is C36H59N3O2S. The van der Waals surface area contributed by atoms with Crippen LogP contribution in [0.15, 0.2) is 16.8 Å². The van der Waals surface area contributed by atoms with Gasteiger partial charge in [-0.25, -0.2) is 0 Å². The van der Waals surface area contributed by atoms with Crippen molar-refractivity contribution in [3.63, 3.8) is 0 Å². The zero-order chi connectivity index (χ0) is 30.1. The number of carbonyl (C=O) groups is 1. The minimum atomic E-state index is -0.166. The van der Waals surface area contributed by atoms with E-state index in [0.717, 1.165) is 37.0 Å². The maximum Gasteiger partial charge on any atom is 0.302 e. The summed E-state index contributed by atoms with van der Waals surface area (Å²) in [5.74, 6) is 3.92. The number of nitrogens with zero attached hydrogens (tertiary/aromatic N) is 1. The molecule has 0 saturated heterocycles. The second-order valence-electron chi connectivity index (χ2n) is 15.8. The molecule has 0 radical (unpaired) electrons. The van der Waals surface area contributed by atoms with Gasteiger partial charge in [-0.2, -0.15) is 5.10 Å². The van der Waals surface area contributed by atoms with Gasteiger partial charge in [-0.3, -0.25) is 10.2 Å². The van der Waals surface area contributed by atoms with Crippen LogP contribution in [0.2, 0.25) is 0 Å². The van der Waals surface area contributed by atoms with Crippen molar-refractivity contribution in [2.24, 2.45) is 51.4 Å². The minimum Gasteiger partial charge on any atom is -0.462 e. The molecule has 0 aromatic rings. The molecule has 42 heavy (non-hydrogen) atoms. The predicted molar refractivity (Wildman–Crippen MR) is 177 cm³/mol. The van der Waals surface area contributed by atoms with Crippen molar-refractivity contribution < 1.29 is 9.53 Å². The van der Waals surface area contributed by atoms with Gasteiger partial charge < -0.3 is 10.1 Å². The largest absolute Gasteiger partial charge is 0.462 e. The molecule has 5 nitrogen and oxygen atoms in total. The Bertz CT molecular complexity index is 1050. The Labute approximate surface area is 261 Å². The van der Waals surface area contributed by atoms with E-state index in [1.807, 2.05) is 0 Å². The van der Waals surface area contributed by atoms with Crippen molar-refractivity contribution in [2.45, 2.75) is 150 Å². The molecule has 0 aliphatic heterocycles. The van der Waals surface area contributed by atoms with E-state index >= 15 is 0 Å². The van der Waals surface area contributed by atoms with Crippen molar-refractivity contribution in [1.82, 2.24) is 10.7 Å². The molecule has 5 aliphatic carbocycles. The van der Waals surface area contributed by atoms with Gasteiger partial charge in [-0.15, -0.1) is 0 Å². The zero-order valence-corrected chi connectivity index (χ0v) is 28.3. The van der Waals surface area contributed by atoms with Crippen LogP contribution < -0.4 is 10.7 Å².